The summed E-state index contributed by atoms with van der Waals surface area (Å²) in [5.41, 5.74) is 0. The molecule has 15 heavy (non-hydrogen) atoms. The van der Waals surface area contributed by atoms with E-state index in [9.17, 15) is 4.79 Å². The maximum Gasteiger partial charge on any atom is 0.243 e. The highest BCUT2D eigenvalue weighted by Crippen LogP contribution is 1.99. The molecule has 1 amide bonds. The fourth-order valence-corrected chi connectivity index (χ4v) is 1.11. The molecule has 0 aliphatic heterocycles. The third-order valence-corrected chi connectivity index (χ3v) is 2.53. The van der Waals surface area contributed by atoms with E-state index >= 15 is 0 Å². The maximum atomic E-state index is 10.8. The second-order valence-corrected chi connectivity index (χ2v) is 4.18. The van der Waals surface area contributed by atoms with Gasteiger partial charge in [-0.3, -0.25) is 4.79 Å². The first-order chi connectivity index (χ1) is 6.52. The van der Waals surface area contributed by atoms with Crippen LogP contribution >= 0.6 is 0 Å². The van der Waals surface area contributed by atoms with E-state index in [0.29, 0.717) is 0 Å². The van der Waals surface area contributed by atoms with Gasteiger partial charge < -0.3 is 22.2 Å². The summed E-state index contributed by atoms with van der Waals surface area (Å²) in [7, 11) is 4.45. The first-order valence-corrected chi connectivity index (χ1v) is 5.24. The van der Waals surface area contributed by atoms with Crippen LogP contribution in [0.1, 0.15) is 19.8 Å². The molecule has 3 nitrogen and oxygen atoms in total. The molecule has 0 fully saturated rings. The molecular formula is C11H23ClN2O. The van der Waals surface area contributed by atoms with Gasteiger partial charge in [-0.2, -0.15) is 0 Å². The van der Waals surface area contributed by atoms with Crippen LogP contribution in [0.5, 0.6) is 0 Å². The molecule has 0 rings (SSSR count). The van der Waals surface area contributed by atoms with Crippen LogP contribution in [-0.2, 0) is 4.79 Å². The number of carbonyl (C=O) groups excluding carboxylic acids is 1. The van der Waals surface area contributed by atoms with Crippen molar-refractivity contribution in [1.29, 1.82) is 0 Å². The summed E-state index contributed by atoms with van der Waals surface area (Å²) < 4.78 is 1.05. The first kappa shape index (κ1) is 16.9. The van der Waals surface area contributed by atoms with Crippen LogP contribution in [0.25, 0.3) is 0 Å². The van der Waals surface area contributed by atoms with Crippen molar-refractivity contribution in [3.05, 3.63) is 12.7 Å². The Bertz CT molecular complexity index is 193. The summed E-state index contributed by atoms with van der Waals surface area (Å²) in [5, 5.41) is 2.77. The molecule has 0 saturated carbocycles. The summed E-state index contributed by atoms with van der Waals surface area (Å²) in [6, 6.07) is 0. The fourth-order valence-electron chi connectivity index (χ4n) is 1.11. The van der Waals surface area contributed by atoms with Gasteiger partial charge in [0.1, 0.15) is 0 Å². The summed E-state index contributed by atoms with van der Waals surface area (Å²) in [4.78, 5) is 10.8. The van der Waals surface area contributed by atoms with Gasteiger partial charge in [0.15, 0.2) is 0 Å². The normalized spacial score (nSPS) is 10.3. The number of halogens is 1. The molecule has 0 unspecified atom stereocenters. The van der Waals surface area contributed by atoms with E-state index in [0.717, 1.165) is 30.4 Å². The minimum Gasteiger partial charge on any atom is -1.00 e. The SMILES string of the molecule is C=CC(=O)NCCCC[N+](C)(C)CC.[Cl-]. The van der Waals surface area contributed by atoms with E-state index in [4.69, 9.17) is 0 Å². The van der Waals surface area contributed by atoms with Crippen LogP contribution in [0.15, 0.2) is 12.7 Å². The highest BCUT2D eigenvalue weighted by molar-refractivity contribution is 5.86. The lowest BCUT2D eigenvalue weighted by molar-refractivity contribution is -0.888. The number of carbonyl (C=O) groups is 1. The highest BCUT2D eigenvalue weighted by atomic mass is 35.5. The third kappa shape index (κ3) is 9.76. The number of quaternary nitrogens is 1. The van der Waals surface area contributed by atoms with Crippen LogP contribution in [0.2, 0.25) is 0 Å². The second kappa shape index (κ2) is 8.74. The van der Waals surface area contributed by atoms with Crippen molar-refractivity contribution < 1.29 is 21.7 Å². The van der Waals surface area contributed by atoms with Gasteiger partial charge in [-0.1, -0.05) is 6.58 Å². The zero-order valence-corrected chi connectivity index (χ0v) is 10.8. The van der Waals surface area contributed by atoms with E-state index in [1.165, 1.54) is 12.6 Å². The topological polar surface area (TPSA) is 29.1 Å². The van der Waals surface area contributed by atoms with Crippen LogP contribution in [0.3, 0.4) is 0 Å². The summed E-state index contributed by atoms with van der Waals surface area (Å²) >= 11 is 0. The van der Waals surface area contributed by atoms with Gasteiger partial charge in [0, 0.05) is 6.54 Å². The molecule has 1 N–H and O–H groups in total. The Morgan fingerprint density at radius 3 is 2.47 bits per heavy atom. The molecule has 0 aromatic heterocycles. The van der Waals surface area contributed by atoms with Crippen LogP contribution in [0.4, 0.5) is 0 Å². The highest BCUT2D eigenvalue weighted by Gasteiger charge is 2.09. The number of amides is 1. The molecule has 0 aliphatic carbocycles. The number of hydrogen-bond donors (Lipinski definition) is 1. The average molecular weight is 235 g/mol. The lowest BCUT2D eigenvalue weighted by Crippen LogP contribution is -3.00. The van der Waals surface area contributed by atoms with E-state index < -0.39 is 0 Å². The Balaban J connectivity index is 0. The van der Waals surface area contributed by atoms with Gasteiger partial charge in [-0.05, 0) is 25.8 Å². The number of nitrogens with one attached hydrogen (secondary N) is 1. The lowest BCUT2D eigenvalue weighted by atomic mass is 10.2. The zero-order valence-electron chi connectivity index (χ0n) is 10.1. The standard InChI is InChI=1S/C11H22N2O.ClH/c1-5-11(14)12-9-7-8-10-13(3,4)6-2;/h5H,1,6-10H2,2-4H3;1H. The first-order valence-electron chi connectivity index (χ1n) is 5.24. The molecule has 0 spiro atoms. The predicted octanol–water partition coefficient (Wildman–Crippen LogP) is -1.83. The largest absolute Gasteiger partial charge is 1.00 e. The molecule has 4 heteroatoms. The maximum absolute atomic E-state index is 10.8. The van der Waals surface area contributed by atoms with E-state index in [1.807, 2.05) is 0 Å². The van der Waals surface area contributed by atoms with Crippen molar-refractivity contribution in [1.82, 2.24) is 5.32 Å². The van der Waals surface area contributed by atoms with Gasteiger partial charge in [0.25, 0.3) is 0 Å². The van der Waals surface area contributed by atoms with E-state index in [2.05, 4.69) is 32.9 Å². The van der Waals surface area contributed by atoms with Crippen LogP contribution in [-0.4, -0.2) is 44.1 Å². The molecule has 0 bridgehead atoms. The molecule has 0 aliphatic rings. The van der Waals surface area contributed by atoms with Crippen LogP contribution in [0, 0.1) is 0 Å². The van der Waals surface area contributed by atoms with E-state index in [1.54, 1.807) is 0 Å². The fraction of sp³-hybridized carbons (Fsp3) is 0.727. The molecule has 0 aromatic rings. The smallest absolute Gasteiger partial charge is 0.243 e. The Morgan fingerprint density at radius 2 is 2.00 bits per heavy atom. The summed E-state index contributed by atoms with van der Waals surface area (Å²) in [5.74, 6) is -0.0748. The van der Waals surface area contributed by atoms with Gasteiger partial charge in [0.2, 0.25) is 5.91 Å². The van der Waals surface area contributed by atoms with Crippen molar-refractivity contribution in [2.75, 3.05) is 33.7 Å². The lowest BCUT2D eigenvalue weighted by Gasteiger charge is -2.28. The molecule has 90 valence electrons. The van der Waals surface area contributed by atoms with Gasteiger partial charge in [0.05, 0.1) is 27.2 Å². The Morgan fingerprint density at radius 1 is 1.40 bits per heavy atom. The minimum absolute atomic E-state index is 0. The van der Waals surface area contributed by atoms with Crippen molar-refractivity contribution in [3.8, 4) is 0 Å². The van der Waals surface area contributed by atoms with Crippen molar-refractivity contribution >= 4 is 5.91 Å². The predicted molar refractivity (Wildman–Crippen MR) is 60.0 cm³/mol. The summed E-state index contributed by atoms with van der Waals surface area (Å²) in [6.45, 7) is 8.67. The quantitative estimate of drug-likeness (QED) is 0.314. The zero-order chi connectivity index (χ0) is 11.0. The molecule has 0 saturated heterocycles. The van der Waals surface area contributed by atoms with Crippen LogP contribution < -0.4 is 17.7 Å². The Labute approximate surface area is 99.5 Å². The number of unbranched alkanes of at least 4 members (excludes halogenated alkanes) is 1. The monoisotopic (exact) mass is 234 g/mol. The van der Waals surface area contributed by atoms with Gasteiger partial charge in [-0.15, -0.1) is 0 Å². The molecule has 0 radical (unpaired) electrons. The Kier molecular flexibility index (Phi) is 9.84. The molecule has 0 aromatic carbocycles. The number of hydrogen-bond acceptors (Lipinski definition) is 1. The number of rotatable bonds is 7. The molecule has 0 atom stereocenters. The third-order valence-electron chi connectivity index (χ3n) is 2.53. The van der Waals surface area contributed by atoms with Crippen molar-refractivity contribution in [2.45, 2.75) is 19.8 Å². The minimum atomic E-state index is -0.0748. The number of nitrogens with zero attached hydrogens (tertiary/aromatic N) is 1. The van der Waals surface area contributed by atoms with Gasteiger partial charge in [-0.25, -0.2) is 0 Å². The summed E-state index contributed by atoms with van der Waals surface area (Å²) in [6.07, 6.45) is 3.51. The molecular weight excluding hydrogens is 212 g/mol. The molecule has 0 heterocycles. The average Bonchev–Trinajstić information content (AvgIpc) is 2.17. The van der Waals surface area contributed by atoms with Gasteiger partial charge >= 0.3 is 0 Å². The van der Waals surface area contributed by atoms with Crippen molar-refractivity contribution in [3.63, 3.8) is 0 Å². The van der Waals surface area contributed by atoms with Crippen molar-refractivity contribution in [2.24, 2.45) is 0 Å². The second-order valence-electron chi connectivity index (χ2n) is 4.18. The van der Waals surface area contributed by atoms with E-state index in [-0.39, 0.29) is 18.3 Å². The Hall–Kier alpha value is -0.540.